The van der Waals surface area contributed by atoms with Crippen LogP contribution in [0, 0.1) is 17.2 Å². The van der Waals surface area contributed by atoms with Crippen molar-refractivity contribution in [1.82, 2.24) is 10.2 Å². The van der Waals surface area contributed by atoms with E-state index in [0.717, 1.165) is 24.9 Å². The number of benzene rings is 1. The minimum Gasteiger partial charge on any atom is -0.494 e. The van der Waals surface area contributed by atoms with Crippen LogP contribution in [0.3, 0.4) is 0 Å². The van der Waals surface area contributed by atoms with Gasteiger partial charge in [0.25, 0.3) is 0 Å². The molecule has 2 aliphatic rings. The third-order valence-electron chi connectivity index (χ3n) is 6.14. The molecule has 1 heterocycles. The second kappa shape index (κ2) is 6.86. The van der Waals surface area contributed by atoms with E-state index >= 15 is 0 Å². The van der Waals surface area contributed by atoms with Crippen LogP contribution in [0.5, 0.6) is 5.75 Å². The second-order valence-corrected chi connectivity index (χ2v) is 8.33. The largest absolute Gasteiger partial charge is 0.494 e. The van der Waals surface area contributed by atoms with Gasteiger partial charge < -0.3 is 20.1 Å². The minimum absolute atomic E-state index is 0.0274. The van der Waals surface area contributed by atoms with Crippen molar-refractivity contribution in [3.63, 3.8) is 0 Å². The van der Waals surface area contributed by atoms with Crippen LogP contribution in [0.15, 0.2) is 18.2 Å². The molecule has 1 saturated heterocycles. The SMILES string of the molecule is COc1cc(C(C)N[C@@H]2CC3(C[C@H]2O)CN(C)C3C(C)C)ccc1F. The molecular formula is C20H31FN2O2. The number of hydrogen-bond donors (Lipinski definition) is 2. The molecule has 140 valence electrons. The van der Waals surface area contributed by atoms with Gasteiger partial charge in [0, 0.05) is 30.1 Å². The highest BCUT2D eigenvalue weighted by atomic mass is 19.1. The van der Waals surface area contributed by atoms with Crippen molar-refractivity contribution in [3.8, 4) is 5.75 Å². The molecule has 0 aromatic heterocycles. The molecule has 1 aromatic carbocycles. The number of rotatable bonds is 5. The molecular weight excluding hydrogens is 319 g/mol. The zero-order chi connectivity index (χ0) is 18.4. The fraction of sp³-hybridized carbons (Fsp3) is 0.700. The number of methoxy groups -OCH3 is 1. The number of nitrogens with zero attached hydrogens (tertiary/aromatic N) is 1. The van der Waals surface area contributed by atoms with Crippen LogP contribution in [0.1, 0.15) is 45.2 Å². The van der Waals surface area contributed by atoms with E-state index < -0.39 is 0 Å². The van der Waals surface area contributed by atoms with Crippen LogP contribution in [-0.2, 0) is 0 Å². The first-order valence-corrected chi connectivity index (χ1v) is 9.25. The van der Waals surface area contributed by atoms with Crippen molar-refractivity contribution in [2.75, 3.05) is 20.7 Å². The smallest absolute Gasteiger partial charge is 0.165 e. The van der Waals surface area contributed by atoms with Gasteiger partial charge in [0.05, 0.1) is 13.2 Å². The summed E-state index contributed by atoms with van der Waals surface area (Å²) in [6.45, 7) is 7.65. The van der Waals surface area contributed by atoms with Gasteiger partial charge in [-0.2, -0.15) is 0 Å². The number of aliphatic hydroxyl groups excluding tert-OH is 1. The highest BCUT2D eigenvalue weighted by Crippen LogP contribution is 2.52. The fourth-order valence-electron chi connectivity index (χ4n) is 5.38. The Hall–Kier alpha value is -1.17. The van der Waals surface area contributed by atoms with Crippen molar-refractivity contribution in [1.29, 1.82) is 0 Å². The van der Waals surface area contributed by atoms with Crippen molar-refractivity contribution in [3.05, 3.63) is 29.6 Å². The molecule has 3 rings (SSSR count). The summed E-state index contributed by atoms with van der Waals surface area (Å²) >= 11 is 0. The van der Waals surface area contributed by atoms with E-state index in [2.05, 4.69) is 38.0 Å². The molecule has 0 radical (unpaired) electrons. The lowest BCUT2D eigenvalue weighted by atomic mass is 9.66. The van der Waals surface area contributed by atoms with E-state index in [0.29, 0.717) is 12.0 Å². The molecule has 25 heavy (non-hydrogen) atoms. The summed E-state index contributed by atoms with van der Waals surface area (Å²) in [6.07, 6.45) is 1.51. The molecule has 1 saturated carbocycles. The van der Waals surface area contributed by atoms with Gasteiger partial charge in [-0.1, -0.05) is 19.9 Å². The number of nitrogens with one attached hydrogen (secondary N) is 1. The highest BCUT2D eigenvalue weighted by molar-refractivity contribution is 5.32. The van der Waals surface area contributed by atoms with E-state index in [-0.39, 0.29) is 35.2 Å². The fourth-order valence-corrected chi connectivity index (χ4v) is 5.38. The lowest BCUT2D eigenvalue weighted by Crippen LogP contribution is -2.64. The highest BCUT2D eigenvalue weighted by Gasteiger charge is 2.58. The van der Waals surface area contributed by atoms with Gasteiger partial charge in [-0.25, -0.2) is 4.39 Å². The topological polar surface area (TPSA) is 44.7 Å². The molecule has 1 aromatic rings. The molecule has 1 spiro atoms. The number of likely N-dealkylation sites (tertiary alicyclic amines) is 1. The quantitative estimate of drug-likeness (QED) is 0.857. The first-order chi connectivity index (χ1) is 11.8. The van der Waals surface area contributed by atoms with Crippen molar-refractivity contribution in [2.24, 2.45) is 11.3 Å². The number of hydrogen-bond acceptors (Lipinski definition) is 4. The molecule has 2 fully saturated rings. The standard InChI is InChI=1S/C20H31FN2O2/c1-12(2)19-20(11-23(19)4)9-16(17(24)10-20)22-13(3)14-6-7-15(21)18(8-14)25-5/h6-8,12-13,16-17,19,22,24H,9-11H2,1-5H3/t13?,16-,17-,19?,20?/m1/s1. The predicted molar refractivity (Wildman–Crippen MR) is 97.2 cm³/mol. The molecule has 5 atom stereocenters. The van der Waals surface area contributed by atoms with Crippen LogP contribution in [-0.4, -0.2) is 48.9 Å². The van der Waals surface area contributed by atoms with E-state index in [1.807, 2.05) is 0 Å². The molecule has 0 amide bonds. The maximum absolute atomic E-state index is 13.6. The minimum atomic E-state index is -0.351. The Kier molecular flexibility index (Phi) is 5.11. The maximum Gasteiger partial charge on any atom is 0.165 e. The van der Waals surface area contributed by atoms with Gasteiger partial charge in [0.15, 0.2) is 11.6 Å². The Balaban J connectivity index is 1.69. The van der Waals surface area contributed by atoms with Crippen LogP contribution < -0.4 is 10.1 Å². The van der Waals surface area contributed by atoms with Crippen molar-refractivity contribution < 1.29 is 14.2 Å². The van der Waals surface area contributed by atoms with Crippen molar-refractivity contribution >= 4 is 0 Å². The molecule has 3 unspecified atom stereocenters. The molecule has 1 aliphatic carbocycles. The Labute approximate surface area is 150 Å². The maximum atomic E-state index is 13.6. The summed E-state index contributed by atoms with van der Waals surface area (Å²) in [5.41, 5.74) is 1.19. The summed E-state index contributed by atoms with van der Waals surface area (Å²) in [6, 6.07) is 5.59. The molecule has 1 aliphatic heterocycles. The number of ether oxygens (including phenoxy) is 1. The van der Waals surface area contributed by atoms with Gasteiger partial charge in [-0.15, -0.1) is 0 Å². The van der Waals surface area contributed by atoms with Gasteiger partial charge in [-0.05, 0) is 50.4 Å². The molecule has 0 bridgehead atoms. The van der Waals surface area contributed by atoms with Crippen LogP contribution in [0.2, 0.25) is 0 Å². The summed E-state index contributed by atoms with van der Waals surface area (Å²) in [5.74, 6) is 0.495. The summed E-state index contributed by atoms with van der Waals surface area (Å²) in [4.78, 5) is 2.41. The molecule has 5 heteroatoms. The third-order valence-corrected chi connectivity index (χ3v) is 6.14. The lowest BCUT2D eigenvalue weighted by Gasteiger charge is -2.57. The second-order valence-electron chi connectivity index (χ2n) is 8.33. The Bertz CT molecular complexity index is 619. The van der Waals surface area contributed by atoms with Crippen LogP contribution >= 0.6 is 0 Å². The third kappa shape index (κ3) is 3.29. The Morgan fingerprint density at radius 2 is 2.04 bits per heavy atom. The Morgan fingerprint density at radius 1 is 1.32 bits per heavy atom. The van der Waals surface area contributed by atoms with Crippen molar-refractivity contribution in [2.45, 2.75) is 57.8 Å². The summed E-state index contributed by atoms with van der Waals surface area (Å²) in [5, 5.41) is 14.2. The van der Waals surface area contributed by atoms with E-state index in [4.69, 9.17) is 4.74 Å². The van der Waals surface area contributed by atoms with Crippen LogP contribution in [0.4, 0.5) is 4.39 Å². The summed E-state index contributed by atoms with van der Waals surface area (Å²) < 4.78 is 18.7. The van der Waals surface area contributed by atoms with E-state index in [1.165, 1.54) is 13.2 Å². The van der Waals surface area contributed by atoms with E-state index in [9.17, 15) is 9.50 Å². The normalized spacial score (nSPS) is 33.7. The van der Waals surface area contributed by atoms with Gasteiger partial charge >= 0.3 is 0 Å². The predicted octanol–water partition coefficient (Wildman–Crippen LogP) is 2.96. The first kappa shape index (κ1) is 18.6. The zero-order valence-corrected chi connectivity index (χ0v) is 15.9. The first-order valence-electron chi connectivity index (χ1n) is 9.25. The number of aliphatic hydroxyl groups is 1. The zero-order valence-electron chi connectivity index (χ0n) is 15.9. The van der Waals surface area contributed by atoms with Gasteiger partial charge in [-0.3, -0.25) is 0 Å². The average molecular weight is 350 g/mol. The molecule has 4 nitrogen and oxygen atoms in total. The van der Waals surface area contributed by atoms with Gasteiger partial charge in [0.1, 0.15) is 0 Å². The average Bonchev–Trinajstić information content (AvgIpc) is 2.84. The lowest BCUT2D eigenvalue weighted by molar-refractivity contribution is -0.0828. The number of halogens is 1. The Morgan fingerprint density at radius 3 is 2.64 bits per heavy atom. The molecule has 2 N–H and O–H groups in total. The van der Waals surface area contributed by atoms with E-state index in [1.54, 1.807) is 12.1 Å². The monoisotopic (exact) mass is 350 g/mol. The summed E-state index contributed by atoms with van der Waals surface area (Å²) in [7, 11) is 3.65. The van der Waals surface area contributed by atoms with Gasteiger partial charge in [0.2, 0.25) is 0 Å². The van der Waals surface area contributed by atoms with Crippen LogP contribution in [0.25, 0.3) is 0 Å².